The number of sulfone groups is 1. The molecule has 0 saturated carbocycles. The molecule has 0 spiro atoms. The van der Waals surface area contributed by atoms with E-state index >= 15 is 0 Å². The first-order chi connectivity index (χ1) is 17.7. The van der Waals surface area contributed by atoms with E-state index in [2.05, 4.69) is 10.4 Å². The molecule has 3 heterocycles. The number of rotatable bonds is 6. The summed E-state index contributed by atoms with van der Waals surface area (Å²) in [5.41, 5.74) is 3.20. The predicted octanol–water partition coefficient (Wildman–Crippen LogP) is 4.69. The summed E-state index contributed by atoms with van der Waals surface area (Å²) in [6, 6.07) is 13.5. The van der Waals surface area contributed by atoms with Crippen LogP contribution in [0.25, 0.3) is 22.3 Å². The average Bonchev–Trinajstić information content (AvgIpc) is 3.42. The van der Waals surface area contributed by atoms with Crippen molar-refractivity contribution in [2.75, 3.05) is 31.0 Å². The molecule has 1 atom stereocenters. The van der Waals surface area contributed by atoms with E-state index in [1.165, 1.54) is 0 Å². The SMILES string of the molecule is COc1ccc(-c2cc(C(=O)Nc3ccc(Cl)cc3)c3c(C)nn(C4CCS(=O)(=O)C4)c3n2)cc1OC. The Morgan fingerprint density at radius 1 is 1.08 bits per heavy atom. The molecule has 11 heteroatoms. The minimum Gasteiger partial charge on any atom is -0.493 e. The number of benzene rings is 2. The molecule has 0 bridgehead atoms. The molecule has 2 aromatic heterocycles. The minimum absolute atomic E-state index is 0.0161. The van der Waals surface area contributed by atoms with E-state index in [4.69, 9.17) is 26.1 Å². The van der Waals surface area contributed by atoms with Gasteiger partial charge >= 0.3 is 0 Å². The zero-order chi connectivity index (χ0) is 26.3. The average molecular weight is 541 g/mol. The third-order valence-electron chi connectivity index (χ3n) is 6.42. The standard InChI is InChI=1S/C26H25ClN4O5S/c1-15-24-20(26(32)28-18-7-5-17(27)6-8-18)13-21(16-4-9-22(35-2)23(12-16)36-3)29-25(24)31(30-15)19-10-11-37(33,34)14-19/h4-9,12-13,19H,10-11,14H2,1-3H3,(H,28,32). The number of nitrogens with zero attached hydrogens (tertiary/aromatic N) is 3. The first-order valence-electron chi connectivity index (χ1n) is 11.6. The van der Waals surface area contributed by atoms with Crippen LogP contribution in [0.1, 0.15) is 28.5 Å². The highest BCUT2D eigenvalue weighted by molar-refractivity contribution is 7.91. The fourth-order valence-corrected chi connectivity index (χ4v) is 6.41. The fourth-order valence-electron chi connectivity index (χ4n) is 4.59. The van der Waals surface area contributed by atoms with Crippen molar-refractivity contribution in [3.05, 3.63) is 64.8 Å². The molecule has 1 N–H and O–H groups in total. The number of pyridine rings is 1. The van der Waals surface area contributed by atoms with Crippen LogP contribution in [0.3, 0.4) is 0 Å². The van der Waals surface area contributed by atoms with Crippen LogP contribution in [0, 0.1) is 6.92 Å². The summed E-state index contributed by atoms with van der Waals surface area (Å²) in [6.45, 7) is 1.79. The smallest absolute Gasteiger partial charge is 0.256 e. The van der Waals surface area contributed by atoms with E-state index in [1.807, 2.05) is 6.07 Å². The second-order valence-electron chi connectivity index (χ2n) is 8.87. The molecule has 1 aliphatic heterocycles. The van der Waals surface area contributed by atoms with Gasteiger partial charge in [0.2, 0.25) is 0 Å². The Labute approximate surface area is 219 Å². The third-order valence-corrected chi connectivity index (χ3v) is 8.42. The summed E-state index contributed by atoms with van der Waals surface area (Å²) >= 11 is 5.99. The van der Waals surface area contributed by atoms with Crippen molar-refractivity contribution < 1.29 is 22.7 Å². The highest BCUT2D eigenvalue weighted by Gasteiger charge is 2.32. The van der Waals surface area contributed by atoms with Crippen LogP contribution >= 0.6 is 11.6 Å². The molecule has 1 aliphatic rings. The number of nitrogens with one attached hydrogen (secondary N) is 1. The van der Waals surface area contributed by atoms with Gasteiger partial charge in [-0.3, -0.25) is 4.79 Å². The van der Waals surface area contributed by atoms with Crippen molar-refractivity contribution in [2.24, 2.45) is 0 Å². The number of hydrogen-bond donors (Lipinski definition) is 1. The molecule has 1 fully saturated rings. The summed E-state index contributed by atoms with van der Waals surface area (Å²) in [4.78, 5) is 18.4. The van der Waals surface area contributed by atoms with Gasteiger partial charge in [-0.15, -0.1) is 0 Å². The van der Waals surface area contributed by atoms with Gasteiger partial charge in [0.05, 0.1) is 54.1 Å². The van der Waals surface area contributed by atoms with Crippen LogP contribution < -0.4 is 14.8 Å². The molecule has 1 amide bonds. The first kappa shape index (κ1) is 25.0. The molecule has 9 nitrogen and oxygen atoms in total. The van der Waals surface area contributed by atoms with Gasteiger partial charge in [-0.1, -0.05) is 11.6 Å². The van der Waals surface area contributed by atoms with Gasteiger partial charge in [-0.25, -0.2) is 18.1 Å². The number of hydrogen-bond acceptors (Lipinski definition) is 7. The van der Waals surface area contributed by atoms with E-state index < -0.39 is 9.84 Å². The molecule has 1 unspecified atom stereocenters. The zero-order valence-corrected chi connectivity index (χ0v) is 22.1. The van der Waals surface area contributed by atoms with Crippen molar-refractivity contribution in [1.29, 1.82) is 0 Å². The topological polar surface area (TPSA) is 112 Å². The lowest BCUT2D eigenvalue weighted by Crippen LogP contribution is -2.15. The van der Waals surface area contributed by atoms with E-state index in [0.717, 1.165) is 0 Å². The van der Waals surface area contributed by atoms with Crippen LogP contribution in [0.5, 0.6) is 11.5 Å². The Bertz CT molecular complexity index is 1620. The molecule has 1 saturated heterocycles. The number of anilines is 1. The maximum atomic E-state index is 13.6. The number of carbonyl (C=O) groups excluding carboxylic acids is 1. The van der Waals surface area contributed by atoms with Gasteiger partial charge < -0.3 is 14.8 Å². The van der Waals surface area contributed by atoms with Crippen molar-refractivity contribution in [3.8, 4) is 22.8 Å². The third kappa shape index (κ3) is 4.86. The number of carbonyl (C=O) groups is 1. The largest absolute Gasteiger partial charge is 0.493 e. The fraction of sp³-hybridized carbons (Fsp3) is 0.269. The van der Waals surface area contributed by atoms with Gasteiger partial charge in [0.25, 0.3) is 5.91 Å². The van der Waals surface area contributed by atoms with Gasteiger partial charge in [-0.2, -0.15) is 5.10 Å². The Morgan fingerprint density at radius 3 is 2.46 bits per heavy atom. The van der Waals surface area contributed by atoms with E-state index in [1.54, 1.807) is 68.3 Å². The highest BCUT2D eigenvalue weighted by Crippen LogP contribution is 2.35. The second-order valence-corrected chi connectivity index (χ2v) is 11.5. The van der Waals surface area contributed by atoms with Crippen LogP contribution in [0.4, 0.5) is 5.69 Å². The molecular weight excluding hydrogens is 516 g/mol. The number of halogens is 1. The Balaban J connectivity index is 1.68. The number of methoxy groups -OCH3 is 2. The number of aryl methyl sites for hydroxylation is 1. The molecule has 0 radical (unpaired) electrons. The lowest BCUT2D eigenvalue weighted by atomic mass is 10.0. The summed E-state index contributed by atoms with van der Waals surface area (Å²) in [5.74, 6) is 0.804. The summed E-state index contributed by atoms with van der Waals surface area (Å²) in [6.07, 6.45) is 0.438. The maximum Gasteiger partial charge on any atom is 0.256 e. The van der Waals surface area contributed by atoms with E-state index in [9.17, 15) is 13.2 Å². The van der Waals surface area contributed by atoms with Crippen LogP contribution in [-0.2, 0) is 9.84 Å². The van der Waals surface area contributed by atoms with E-state index in [-0.39, 0.29) is 23.5 Å². The lowest BCUT2D eigenvalue weighted by Gasteiger charge is -2.13. The Hall–Kier alpha value is -3.63. The summed E-state index contributed by atoms with van der Waals surface area (Å²) in [7, 11) is -0.0643. The molecule has 5 rings (SSSR count). The van der Waals surface area contributed by atoms with Gasteiger partial charge in [-0.05, 0) is 61.9 Å². The van der Waals surface area contributed by atoms with Crippen molar-refractivity contribution in [3.63, 3.8) is 0 Å². The van der Waals surface area contributed by atoms with Crippen molar-refractivity contribution >= 4 is 44.1 Å². The molecule has 4 aromatic rings. The number of amides is 1. The normalized spacial score (nSPS) is 16.6. The summed E-state index contributed by atoms with van der Waals surface area (Å²) in [5, 5.41) is 8.68. The summed E-state index contributed by atoms with van der Waals surface area (Å²) < 4.78 is 36.9. The zero-order valence-electron chi connectivity index (χ0n) is 20.5. The number of fused-ring (bicyclic) bond motifs is 1. The first-order valence-corrected chi connectivity index (χ1v) is 13.8. The maximum absolute atomic E-state index is 13.6. The van der Waals surface area contributed by atoms with Crippen LogP contribution in [-0.4, -0.2) is 54.8 Å². The predicted molar refractivity (Wildman–Crippen MR) is 143 cm³/mol. The van der Waals surface area contributed by atoms with Crippen molar-refractivity contribution in [1.82, 2.24) is 14.8 Å². The monoisotopic (exact) mass is 540 g/mol. The van der Waals surface area contributed by atoms with Gasteiger partial charge in [0, 0.05) is 16.3 Å². The van der Waals surface area contributed by atoms with Gasteiger partial charge in [0.1, 0.15) is 0 Å². The van der Waals surface area contributed by atoms with Gasteiger partial charge in [0.15, 0.2) is 27.0 Å². The number of aromatic nitrogens is 3. The molecule has 0 aliphatic carbocycles. The second kappa shape index (κ2) is 9.68. The molecule has 2 aromatic carbocycles. The molecule has 192 valence electrons. The quantitative estimate of drug-likeness (QED) is 0.377. The molecular formula is C26H25ClN4O5S. The van der Waals surface area contributed by atoms with Crippen LogP contribution in [0.15, 0.2) is 48.5 Å². The Kier molecular flexibility index (Phi) is 6.55. The minimum atomic E-state index is -3.16. The van der Waals surface area contributed by atoms with Crippen LogP contribution in [0.2, 0.25) is 5.02 Å². The Morgan fingerprint density at radius 2 is 1.81 bits per heavy atom. The van der Waals surface area contributed by atoms with E-state index in [0.29, 0.717) is 62.2 Å². The highest BCUT2D eigenvalue weighted by atomic mass is 35.5. The number of ether oxygens (including phenoxy) is 2. The molecule has 37 heavy (non-hydrogen) atoms. The van der Waals surface area contributed by atoms with Crippen molar-refractivity contribution in [2.45, 2.75) is 19.4 Å². The lowest BCUT2D eigenvalue weighted by molar-refractivity contribution is 0.102.